The second-order valence-electron chi connectivity index (χ2n) is 7.11. The zero-order valence-corrected chi connectivity index (χ0v) is 15.2. The minimum atomic E-state index is -0.544. The van der Waals surface area contributed by atoms with Gasteiger partial charge in [0.05, 0.1) is 10.6 Å². The number of nitro groups is 1. The first-order valence-corrected chi connectivity index (χ1v) is 8.41. The maximum Gasteiger partial charge on any atom is 0.407 e. The van der Waals surface area contributed by atoms with Gasteiger partial charge in [0.1, 0.15) is 11.3 Å². The van der Waals surface area contributed by atoms with Crippen molar-refractivity contribution in [2.75, 3.05) is 30.4 Å². The molecule has 138 valence electrons. The topological polar surface area (TPSA) is 96.7 Å². The average molecular weight is 350 g/mol. The Hall–Kier alpha value is -2.51. The van der Waals surface area contributed by atoms with E-state index in [4.69, 9.17) is 4.74 Å². The first-order valence-electron chi connectivity index (χ1n) is 8.41. The van der Waals surface area contributed by atoms with E-state index < -0.39 is 16.6 Å². The number of hydrogen-bond acceptors (Lipinski definition) is 6. The Bertz CT molecular complexity index is 642. The number of rotatable bonds is 4. The monoisotopic (exact) mass is 350 g/mol. The number of para-hydroxylation sites is 1. The maximum atomic E-state index is 12.0. The maximum absolute atomic E-state index is 12.0. The van der Waals surface area contributed by atoms with Crippen molar-refractivity contribution in [2.45, 2.75) is 45.3 Å². The van der Waals surface area contributed by atoms with Crippen molar-refractivity contribution < 1.29 is 14.5 Å². The molecule has 1 saturated heterocycles. The van der Waals surface area contributed by atoms with Crippen LogP contribution in [0.15, 0.2) is 18.2 Å². The molecule has 2 N–H and O–H groups in total. The van der Waals surface area contributed by atoms with Crippen molar-refractivity contribution in [3.8, 4) is 0 Å². The van der Waals surface area contributed by atoms with Crippen LogP contribution < -0.4 is 15.5 Å². The Balaban J connectivity index is 2.12. The third-order valence-corrected chi connectivity index (χ3v) is 3.95. The number of amides is 1. The van der Waals surface area contributed by atoms with Crippen LogP contribution in [0.2, 0.25) is 0 Å². The number of piperidine rings is 1. The van der Waals surface area contributed by atoms with E-state index in [1.807, 2.05) is 26.8 Å². The average Bonchev–Trinajstić information content (AvgIpc) is 2.52. The fourth-order valence-corrected chi connectivity index (χ4v) is 2.99. The molecule has 0 saturated carbocycles. The van der Waals surface area contributed by atoms with Crippen molar-refractivity contribution >= 4 is 23.2 Å². The quantitative estimate of drug-likeness (QED) is 0.640. The Labute approximate surface area is 147 Å². The first-order chi connectivity index (χ1) is 11.7. The van der Waals surface area contributed by atoms with Crippen LogP contribution in [0, 0.1) is 10.1 Å². The molecule has 1 heterocycles. The highest BCUT2D eigenvalue weighted by Gasteiger charge is 2.27. The van der Waals surface area contributed by atoms with Crippen LogP contribution in [0.4, 0.5) is 21.9 Å². The Morgan fingerprint density at radius 2 is 2.12 bits per heavy atom. The SMILES string of the molecule is CNc1c(N2CCCC(NC(=O)OC(C)(C)C)C2)cccc1[N+](=O)[O-]. The van der Waals surface area contributed by atoms with E-state index in [-0.39, 0.29) is 11.7 Å². The van der Waals surface area contributed by atoms with Gasteiger partial charge >= 0.3 is 6.09 Å². The molecule has 0 spiro atoms. The molecule has 1 unspecified atom stereocenters. The van der Waals surface area contributed by atoms with Crippen molar-refractivity contribution in [3.63, 3.8) is 0 Å². The first kappa shape index (κ1) is 18.8. The number of alkyl carbamates (subject to hydrolysis) is 1. The van der Waals surface area contributed by atoms with Gasteiger partial charge in [0.15, 0.2) is 0 Å². The van der Waals surface area contributed by atoms with Crippen molar-refractivity contribution in [1.29, 1.82) is 0 Å². The summed E-state index contributed by atoms with van der Waals surface area (Å²) in [5, 5.41) is 17.1. The third-order valence-electron chi connectivity index (χ3n) is 3.95. The van der Waals surface area contributed by atoms with Gasteiger partial charge in [-0.25, -0.2) is 4.79 Å². The van der Waals surface area contributed by atoms with E-state index in [1.165, 1.54) is 6.07 Å². The zero-order valence-electron chi connectivity index (χ0n) is 15.2. The van der Waals surface area contributed by atoms with Gasteiger partial charge in [0.2, 0.25) is 0 Å². The number of nitrogens with one attached hydrogen (secondary N) is 2. The normalized spacial score (nSPS) is 17.8. The van der Waals surface area contributed by atoms with Crippen LogP contribution in [0.1, 0.15) is 33.6 Å². The highest BCUT2D eigenvalue weighted by Crippen LogP contribution is 2.35. The van der Waals surface area contributed by atoms with Crippen LogP contribution in [-0.2, 0) is 4.74 Å². The van der Waals surface area contributed by atoms with E-state index in [0.29, 0.717) is 12.2 Å². The fraction of sp³-hybridized carbons (Fsp3) is 0.588. The van der Waals surface area contributed by atoms with Crippen LogP contribution in [0.3, 0.4) is 0 Å². The lowest BCUT2D eigenvalue weighted by atomic mass is 10.0. The van der Waals surface area contributed by atoms with Crippen LogP contribution in [0.25, 0.3) is 0 Å². The summed E-state index contributed by atoms with van der Waals surface area (Å²) in [4.78, 5) is 24.9. The third kappa shape index (κ3) is 4.98. The molecular weight excluding hydrogens is 324 g/mol. The number of nitrogens with zero attached hydrogens (tertiary/aromatic N) is 2. The molecule has 1 fully saturated rings. The summed E-state index contributed by atoms with van der Waals surface area (Å²) < 4.78 is 5.31. The highest BCUT2D eigenvalue weighted by molar-refractivity contribution is 5.79. The van der Waals surface area contributed by atoms with E-state index in [0.717, 1.165) is 25.1 Å². The van der Waals surface area contributed by atoms with E-state index >= 15 is 0 Å². The molecule has 1 amide bonds. The Morgan fingerprint density at radius 3 is 2.72 bits per heavy atom. The van der Waals surface area contributed by atoms with E-state index in [9.17, 15) is 14.9 Å². The minimum absolute atomic E-state index is 0.0437. The van der Waals surface area contributed by atoms with Gasteiger partial charge in [-0.15, -0.1) is 0 Å². The molecule has 1 atom stereocenters. The number of carbonyl (C=O) groups excluding carboxylic acids is 1. The second kappa shape index (κ2) is 7.58. The molecule has 1 aliphatic heterocycles. The van der Waals surface area contributed by atoms with Gasteiger partial charge in [-0.3, -0.25) is 10.1 Å². The molecular formula is C17H26N4O4. The molecule has 25 heavy (non-hydrogen) atoms. The van der Waals surface area contributed by atoms with Gasteiger partial charge in [-0.2, -0.15) is 0 Å². The number of ether oxygens (including phenoxy) is 1. The molecule has 2 rings (SSSR count). The fourth-order valence-electron chi connectivity index (χ4n) is 2.99. The number of benzene rings is 1. The molecule has 0 radical (unpaired) electrons. The van der Waals surface area contributed by atoms with Crippen molar-refractivity contribution in [1.82, 2.24) is 5.32 Å². The molecule has 8 heteroatoms. The van der Waals surface area contributed by atoms with Gasteiger partial charge in [0.25, 0.3) is 5.69 Å². The summed E-state index contributed by atoms with van der Waals surface area (Å²) in [7, 11) is 1.67. The van der Waals surface area contributed by atoms with E-state index in [2.05, 4.69) is 15.5 Å². The van der Waals surface area contributed by atoms with Crippen molar-refractivity contribution in [2.24, 2.45) is 0 Å². The molecule has 8 nitrogen and oxygen atoms in total. The van der Waals surface area contributed by atoms with Gasteiger partial charge in [-0.05, 0) is 39.7 Å². The summed E-state index contributed by atoms with van der Waals surface area (Å²) >= 11 is 0. The second-order valence-corrected chi connectivity index (χ2v) is 7.11. The standard InChI is InChI=1S/C17H26N4O4/c1-17(2,3)25-16(22)19-12-7-6-10-20(11-12)13-8-5-9-14(21(23)24)15(13)18-4/h5,8-9,12,18H,6-7,10-11H2,1-4H3,(H,19,22). The van der Waals surface area contributed by atoms with Crippen LogP contribution >= 0.6 is 0 Å². The zero-order chi connectivity index (χ0) is 18.6. The van der Waals surface area contributed by atoms with E-state index in [1.54, 1.807) is 13.1 Å². The highest BCUT2D eigenvalue weighted by atomic mass is 16.6. The summed E-state index contributed by atoms with van der Waals surface area (Å²) in [6.07, 6.45) is 1.29. The number of anilines is 2. The summed E-state index contributed by atoms with van der Waals surface area (Å²) in [6.45, 7) is 6.82. The minimum Gasteiger partial charge on any atom is -0.444 e. The Morgan fingerprint density at radius 1 is 1.40 bits per heavy atom. The lowest BCUT2D eigenvalue weighted by Gasteiger charge is -2.35. The van der Waals surface area contributed by atoms with Crippen LogP contribution in [0.5, 0.6) is 0 Å². The van der Waals surface area contributed by atoms with Gasteiger partial charge in [0, 0.05) is 32.2 Å². The molecule has 0 bridgehead atoms. The predicted octanol–water partition coefficient (Wildman–Crippen LogP) is 3.13. The number of carbonyl (C=O) groups is 1. The molecule has 1 aromatic rings. The summed E-state index contributed by atoms with van der Waals surface area (Å²) in [5.41, 5.74) is 0.762. The summed E-state index contributed by atoms with van der Waals surface area (Å²) in [5.74, 6) is 0. The van der Waals surface area contributed by atoms with Gasteiger partial charge < -0.3 is 20.3 Å². The largest absolute Gasteiger partial charge is 0.444 e. The molecule has 1 aliphatic rings. The Kier molecular flexibility index (Phi) is 5.71. The van der Waals surface area contributed by atoms with Gasteiger partial charge in [-0.1, -0.05) is 6.07 Å². The predicted molar refractivity (Wildman–Crippen MR) is 97.2 cm³/mol. The summed E-state index contributed by atoms with van der Waals surface area (Å²) in [6, 6.07) is 4.96. The molecule has 1 aromatic carbocycles. The van der Waals surface area contributed by atoms with Crippen LogP contribution in [-0.4, -0.2) is 42.8 Å². The van der Waals surface area contributed by atoms with Crippen molar-refractivity contribution in [3.05, 3.63) is 28.3 Å². The lowest BCUT2D eigenvalue weighted by Crippen LogP contribution is -2.49. The number of nitro benzene ring substituents is 1. The lowest BCUT2D eigenvalue weighted by molar-refractivity contribution is -0.383. The molecule has 0 aromatic heterocycles. The smallest absolute Gasteiger partial charge is 0.407 e. The molecule has 0 aliphatic carbocycles. The number of hydrogen-bond donors (Lipinski definition) is 2.